The smallest absolute Gasteiger partial charge is 0.310 e. The van der Waals surface area contributed by atoms with Gasteiger partial charge in [-0.3, -0.25) is 4.79 Å². The SMILES string of the molecule is CCC(=O)Oc1ccc(C)cc1-n1nc2ccccc2n1. The van der Waals surface area contributed by atoms with E-state index >= 15 is 0 Å². The highest BCUT2D eigenvalue weighted by Gasteiger charge is 2.13. The quantitative estimate of drug-likeness (QED) is 0.547. The molecule has 0 radical (unpaired) electrons. The van der Waals surface area contributed by atoms with E-state index in [1.54, 1.807) is 13.0 Å². The number of aromatic nitrogens is 3. The van der Waals surface area contributed by atoms with E-state index in [4.69, 9.17) is 4.74 Å². The van der Waals surface area contributed by atoms with Crippen LogP contribution in [0, 0.1) is 6.92 Å². The average molecular weight is 281 g/mol. The molecule has 5 heteroatoms. The second kappa shape index (κ2) is 5.36. The Hall–Kier alpha value is -2.69. The highest BCUT2D eigenvalue weighted by atomic mass is 16.5. The van der Waals surface area contributed by atoms with E-state index < -0.39 is 0 Å². The first kappa shape index (κ1) is 13.3. The molecule has 0 fully saturated rings. The van der Waals surface area contributed by atoms with Gasteiger partial charge in [0.2, 0.25) is 0 Å². The Balaban J connectivity index is 2.11. The molecule has 0 spiro atoms. The fourth-order valence-electron chi connectivity index (χ4n) is 2.03. The van der Waals surface area contributed by atoms with E-state index in [2.05, 4.69) is 10.2 Å². The van der Waals surface area contributed by atoms with Crippen LogP contribution in [0.15, 0.2) is 42.5 Å². The van der Waals surface area contributed by atoms with Crippen molar-refractivity contribution in [3.63, 3.8) is 0 Å². The van der Waals surface area contributed by atoms with Gasteiger partial charge in [-0.1, -0.05) is 25.1 Å². The van der Waals surface area contributed by atoms with Crippen molar-refractivity contribution in [3.05, 3.63) is 48.0 Å². The zero-order valence-corrected chi connectivity index (χ0v) is 11.9. The summed E-state index contributed by atoms with van der Waals surface area (Å²) in [6.07, 6.45) is 0.321. The maximum atomic E-state index is 11.5. The van der Waals surface area contributed by atoms with Crippen molar-refractivity contribution < 1.29 is 9.53 Å². The Morgan fingerprint density at radius 1 is 1.14 bits per heavy atom. The number of esters is 1. The molecule has 21 heavy (non-hydrogen) atoms. The van der Waals surface area contributed by atoms with Crippen LogP contribution in [0.25, 0.3) is 16.7 Å². The normalized spacial score (nSPS) is 10.8. The van der Waals surface area contributed by atoms with Crippen molar-refractivity contribution in [2.75, 3.05) is 0 Å². The molecule has 0 bridgehead atoms. The average Bonchev–Trinajstić information content (AvgIpc) is 2.92. The van der Waals surface area contributed by atoms with Crippen molar-refractivity contribution in [1.29, 1.82) is 0 Å². The largest absolute Gasteiger partial charge is 0.424 e. The molecule has 1 heterocycles. The summed E-state index contributed by atoms with van der Waals surface area (Å²) in [7, 11) is 0. The number of fused-ring (bicyclic) bond motifs is 1. The molecule has 3 aromatic rings. The molecule has 0 unspecified atom stereocenters. The summed E-state index contributed by atoms with van der Waals surface area (Å²) < 4.78 is 5.36. The molecule has 0 aliphatic heterocycles. The number of hydrogen-bond acceptors (Lipinski definition) is 4. The summed E-state index contributed by atoms with van der Waals surface area (Å²) in [5, 5.41) is 8.86. The minimum Gasteiger partial charge on any atom is -0.424 e. The van der Waals surface area contributed by atoms with E-state index in [0.29, 0.717) is 17.9 Å². The lowest BCUT2D eigenvalue weighted by Gasteiger charge is -2.09. The van der Waals surface area contributed by atoms with Gasteiger partial charge in [0.05, 0.1) is 0 Å². The second-order valence-corrected chi connectivity index (χ2v) is 4.78. The third-order valence-corrected chi connectivity index (χ3v) is 3.13. The lowest BCUT2D eigenvalue weighted by molar-refractivity contribution is -0.134. The predicted octanol–water partition coefficient (Wildman–Crippen LogP) is 3.04. The molecule has 1 aromatic heterocycles. The van der Waals surface area contributed by atoms with Gasteiger partial charge in [0.25, 0.3) is 0 Å². The van der Waals surface area contributed by atoms with Crippen LogP contribution in [0.5, 0.6) is 5.75 Å². The van der Waals surface area contributed by atoms with Gasteiger partial charge < -0.3 is 4.74 Å². The molecular weight excluding hydrogens is 266 g/mol. The standard InChI is InChI=1S/C16H15N3O2/c1-3-16(20)21-15-9-8-11(2)10-14(15)19-17-12-6-4-5-7-13(12)18-19/h4-10H,3H2,1-2H3. The molecule has 3 rings (SSSR count). The third-order valence-electron chi connectivity index (χ3n) is 3.13. The van der Waals surface area contributed by atoms with E-state index in [0.717, 1.165) is 16.6 Å². The summed E-state index contributed by atoms with van der Waals surface area (Å²) in [4.78, 5) is 13.1. The highest BCUT2D eigenvalue weighted by Crippen LogP contribution is 2.24. The van der Waals surface area contributed by atoms with Crippen LogP contribution in [-0.2, 0) is 4.79 Å². The minimum absolute atomic E-state index is 0.281. The van der Waals surface area contributed by atoms with Gasteiger partial charge in [-0.05, 0) is 36.8 Å². The predicted molar refractivity (Wildman–Crippen MR) is 79.5 cm³/mol. The first-order chi connectivity index (χ1) is 10.2. The molecule has 0 saturated heterocycles. The van der Waals surface area contributed by atoms with Gasteiger partial charge in [-0.15, -0.1) is 15.0 Å². The van der Waals surface area contributed by atoms with Crippen LogP contribution < -0.4 is 4.74 Å². The van der Waals surface area contributed by atoms with Gasteiger partial charge in [-0.2, -0.15) is 0 Å². The number of benzene rings is 2. The van der Waals surface area contributed by atoms with Crippen LogP contribution in [0.3, 0.4) is 0 Å². The van der Waals surface area contributed by atoms with Gasteiger partial charge in [0, 0.05) is 6.42 Å². The number of ether oxygens (including phenoxy) is 1. The maximum Gasteiger partial charge on any atom is 0.310 e. The van der Waals surface area contributed by atoms with Crippen LogP contribution in [0.1, 0.15) is 18.9 Å². The number of carbonyl (C=O) groups is 1. The summed E-state index contributed by atoms with van der Waals surface area (Å²) in [5.41, 5.74) is 3.30. The van der Waals surface area contributed by atoms with Crippen LogP contribution in [-0.4, -0.2) is 21.0 Å². The topological polar surface area (TPSA) is 57.0 Å². The monoisotopic (exact) mass is 281 g/mol. The zero-order valence-electron chi connectivity index (χ0n) is 11.9. The van der Waals surface area contributed by atoms with Gasteiger partial charge in [-0.25, -0.2) is 0 Å². The summed E-state index contributed by atoms with van der Waals surface area (Å²) in [6.45, 7) is 3.73. The molecule has 5 nitrogen and oxygen atoms in total. The zero-order chi connectivity index (χ0) is 14.8. The summed E-state index contributed by atoms with van der Waals surface area (Å²) >= 11 is 0. The number of hydrogen-bond donors (Lipinski definition) is 0. The maximum absolute atomic E-state index is 11.5. The van der Waals surface area contributed by atoms with E-state index in [-0.39, 0.29) is 5.97 Å². The Morgan fingerprint density at radius 3 is 2.43 bits per heavy atom. The first-order valence-corrected chi connectivity index (χ1v) is 6.81. The second-order valence-electron chi connectivity index (χ2n) is 4.78. The Kier molecular flexibility index (Phi) is 3.39. The van der Waals surface area contributed by atoms with Gasteiger partial charge in [0.15, 0.2) is 5.75 Å². The molecule has 0 aliphatic carbocycles. The molecule has 2 aromatic carbocycles. The molecular formula is C16H15N3O2. The van der Waals surface area contributed by atoms with Crippen molar-refractivity contribution in [3.8, 4) is 11.4 Å². The molecule has 0 N–H and O–H groups in total. The molecule has 106 valence electrons. The van der Waals surface area contributed by atoms with E-state index in [1.807, 2.05) is 43.3 Å². The van der Waals surface area contributed by atoms with E-state index in [1.165, 1.54) is 4.80 Å². The Morgan fingerprint density at radius 2 is 1.81 bits per heavy atom. The lowest BCUT2D eigenvalue weighted by atomic mass is 10.2. The fourth-order valence-corrected chi connectivity index (χ4v) is 2.03. The van der Waals surface area contributed by atoms with Gasteiger partial charge >= 0.3 is 5.97 Å². The Labute approximate surface area is 122 Å². The van der Waals surface area contributed by atoms with E-state index in [9.17, 15) is 4.79 Å². The number of rotatable bonds is 3. The van der Waals surface area contributed by atoms with Crippen molar-refractivity contribution in [1.82, 2.24) is 15.0 Å². The Bertz CT molecular complexity index is 775. The van der Waals surface area contributed by atoms with Crippen LogP contribution >= 0.6 is 0 Å². The minimum atomic E-state index is -0.281. The van der Waals surface area contributed by atoms with Crippen molar-refractivity contribution in [2.45, 2.75) is 20.3 Å². The lowest BCUT2D eigenvalue weighted by Crippen LogP contribution is -2.09. The van der Waals surface area contributed by atoms with Crippen molar-refractivity contribution in [2.24, 2.45) is 0 Å². The fraction of sp³-hybridized carbons (Fsp3) is 0.188. The summed E-state index contributed by atoms with van der Waals surface area (Å²) in [5.74, 6) is 0.185. The number of aryl methyl sites for hydroxylation is 1. The highest BCUT2D eigenvalue weighted by molar-refractivity contribution is 5.75. The number of nitrogens with zero attached hydrogens (tertiary/aromatic N) is 3. The molecule has 0 atom stereocenters. The number of carbonyl (C=O) groups excluding carboxylic acids is 1. The summed E-state index contributed by atoms with van der Waals surface area (Å²) in [6, 6.07) is 13.2. The molecule has 0 amide bonds. The first-order valence-electron chi connectivity index (χ1n) is 6.81. The third kappa shape index (κ3) is 2.63. The van der Waals surface area contributed by atoms with Crippen LogP contribution in [0.4, 0.5) is 0 Å². The van der Waals surface area contributed by atoms with Crippen LogP contribution in [0.2, 0.25) is 0 Å². The van der Waals surface area contributed by atoms with Gasteiger partial charge in [0.1, 0.15) is 16.7 Å². The molecule has 0 aliphatic rings. The van der Waals surface area contributed by atoms with Crippen molar-refractivity contribution >= 4 is 17.0 Å². The molecule has 0 saturated carbocycles.